The Morgan fingerprint density at radius 1 is 1.10 bits per heavy atom. The van der Waals surface area contributed by atoms with E-state index in [1.165, 1.54) is 49.9 Å². The smallest absolute Gasteiger partial charge is 0.0237 e. The number of rotatable bonds is 5. The second-order valence-electron chi connectivity index (χ2n) is 7.90. The molecule has 1 atom stereocenters. The van der Waals surface area contributed by atoms with Gasteiger partial charge in [0.1, 0.15) is 0 Å². The fourth-order valence-electron chi connectivity index (χ4n) is 3.32. The quantitative estimate of drug-likeness (QED) is 0.888. The number of nitrogens with zero attached hydrogens (tertiary/aromatic N) is 1. The highest BCUT2D eigenvalue weighted by atomic mass is 15.2. The number of hydrogen-bond donors (Lipinski definition) is 1. The molecular formula is C19H30N2. The molecule has 116 valence electrons. The molecule has 1 saturated carbocycles. The highest BCUT2D eigenvalue weighted by molar-refractivity contribution is 5.27. The van der Waals surface area contributed by atoms with Gasteiger partial charge in [0.05, 0.1) is 0 Å². The molecular weight excluding hydrogens is 256 g/mol. The minimum absolute atomic E-state index is 0.252. The van der Waals surface area contributed by atoms with Gasteiger partial charge in [-0.1, -0.05) is 45.0 Å². The highest BCUT2D eigenvalue weighted by Crippen LogP contribution is 2.30. The molecule has 2 aliphatic rings. The van der Waals surface area contributed by atoms with E-state index >= 15 is 0 Å². The second kappa shape index (κ2) is 6.10. The van der Waals surface area contributed by atoms with E-state index in [1.807, 2.05) is 0 Å². The first-order valence-corrected chi connectivity index (χ1v) is 8.59. The Labute approximate surface area is 129 Å². The van der Waals surface area contributed by atoms with E-state index in [9.17, 15) is 0 Å². The number of benzene rings is 1. The van der Waals surface area contributed by atoms with Crippen LogP contribution in [0, 0.1) is 0 Å². The SMILES string of the molecule is CC(C)(C)c1ccc(CN(CC2CCCN2)C2CC2)cc1. The largest absolute Gasteiger partial charge is 0.313 e. The summed E-state index contributed by atoms with van der Waals surface area (Å²) in [5.41, 5.74) is 3.15. The van der Waals surface area contributed by atoms with Crippen LogP contribution in [0.25, 0.3) is 0 Å². The van der Waals surface area contributed by atoms with E-state index in [0.29, 0.717) is 0 Å². The van der Waals surface area contributed by atoms with E-state index in [1.54, 1.807) is 0 Å². The Kier molecular flexibility index (Phi) is 4.37. The summed E-state index contributed by atoms with van der Waals surface area (Å²) in [5.74, 6) is 0. The lowest BCUT2D eigenvalue weighted by Crippen LogP contribution is -2.38. The van der Waals surface area contributed by atoms with Gasteiger partial charge in [0.25, 0.3) is 0 Å². The molecule has 1 aliphatic carbocycles. The molecule has 0 radical (unpaired) electrons. The molecule has 1 heterocycles. The summed E-state index contributed by atoms with van der Waals surface area (Å²) in [6, 6.07) is 10.9. The lowest BCUT2D eigenvalue weighted by Gasteiger charge is -2.26. The third-order valence-electron chi connectivity index (χ3n) is 4.89. The van der Waals surface area contributed by atoms with Crippen LogP contribution in [0.2, 0.25) is 0 Å². The van der Waals surface area contributed by atoms with Crippen LogP contribution in [0.3, 0.4) is 0 Å². The zero-order valence-corrected chi connectivity index (χ0v) is 13.9. The average Bonchev–Trinajstić information content (AvgIpc) is 3.16. The maximum absolute atomic E-state index is 3.64. The van der Waals surface area contributed by atoms with Crippen LogP contribution in [0.5, 0.6) is 0 Å². The summed E-state index contributed by atoms with van der Waals surface area (Å²) >= 11 is 0. The molecule has 1 aromatic carbocycles. The minimum Gasteiger partial charge on any atom is -0.313 e. The minimum atomic E-state index is 0.252. The lowest BCUT2D eigenvalue weighted by molar-refractivity contribution is 0.231. The summed E-state index contributed by atoms with van der Waals surface area (Å²) in [6.07, 6.45) is 5.50. The standard InChI is InChI=1S/C19H30N2/c1-19(2,3)16-8-6-15(7-9-16)13-21(18-10-11-18)14-17-5-4-12-20-17/h6-9,17-18,20H,4-5,10-14H2,1-3H3. The molecule has 0 bridgehead atoms. The Bertz CT molecular complexity index is 447. The van der Waals surface area contributed by atoms with Crippen LogP contribution in [0.15, 0.2) is 24.3 Å². The van der Waals surface area contributed by atoms with Gasteiger partial charge in [0, 0.05) is 25.2 Å². The molecule has 1 N–H and O–H groups in total. The predicted molar refractivity (Wildman–Crippen MR) is 89.6 cm³/mol. The third-order valence-corrected chi connectivity index (χ3v) is 4.89. The molecule has 1 saturated heterocycles. The third kappa shape index (κ3) is 4.08. The van der Waals surface area contributed by atoms with Crippen molar-refractivity contribution >= 4 is 0 Å². The molecule has 3 rings (SSSR count). The Morgan fingerprint density at radius 3 is 2.33 bits per heavy atom. The van der Waals surface area contributed by atoms with Crippen molar-refractivity contribution in [2.45, 2.75) is 70.5 Å². The molecule has 0 amide bonds. The fourth-order valence-corrected chi connectivity index (χ4v) is 3.32. The average molecular weight is 286 g/mol. The van der Waals surface area contributed by atoms with Crippen molar-refractivity contribution in [3.05, 3.63) is 35.4 Å². The van der Waals surface area contributed by atoms with Crippen LogP contribution in [-0.4, -0.2) is 30.1 Å². The first-order chi connectivity index (χ1) is 10.0. The molecule has 2 heteroatoms. The molecule has 0 spiro atoms. The summed E-state index contributed by atoms with van der Waals surface area (Å²) in [4.78, 5) is 2.70. The molecule has 1 unspecified atom stereocenters. The van der Waals surface area contributed by atoms with Gasteiger partial charge in [0.15, 0.2) is 0 Å². The van der Waals surface area contributed by atoms with Crippen molar-refractivity contribution in [1.29, 1.82) is 0 Å². The summed E-state index contributed by atoms with van der Waals surface area (Å²) < 4.78 is 0. The van der Waals surface area contributed by atoms with Gasteiger partial charge in [-0.15, -0.1) is 0 Å². The van der Waals surface area contributed by atoms with Gasteiger partial charge in [-0.05, 0) is 48.8 Å². The van der Waals surface area contributed by atoms with Crippen LogP contribution in [-0.2, 0) is 12.0 Å². The maximum atomic E-state index is 3.64. The van der Waals surface area contributed by atoms with Crippen molar-refractivity contribution in [2.75, 3.05) is 13.1 Å². The summed E-state index contributed by atoms with van der Waals surface area (Å²) in [5, 5.41) is 3.64. The first kappa shape index (κ1) is 15.1. The summed E-state index contributed by atoms with van der Waals surface area (Å²) in [6.45, 7) is 10.4. The topological polar surface area (TPSA) is 15.3 Å². The molecule has 1 aromatic rings. The van der Waals surface area contributed by atoms with Gasteiger partial charge in [0.2, 0.25) is 0 Å². The molecule has 1 aliphatic heterocycles. The Hall–Kier alpha value is -0.860. The van der Waals surface area contributed by atoms with Crippen molar-refractivity contribution in [3.63, 3.8) is 0 Å². The number of hydrogen-bond acceptors (Lipinski definition) is 2. The van der Waals surface area contributed by atoms with E-state index in [2.05, 4.69) is 55.3 Å². The Morgan fingerprint density at radius 2 is 1.81 bits per heavy atom. The van der Waals surface area contributed by atoms with Crippen LogP contribution >= 0.6 is 0 Å². The van der Waals surface area contributed by atoms with E-state index in [0.717, 1.165) is 18.6 Å². The second-order valence-corrected chi connectivity index (χ2v) is 7.90. The van der Waals surface area contributed by atoms with Crippen molar-refractivity contribution in [1.82, 2.24) is 10.2 Å². The molecule has 0 aromatic heterocycles. The predicted octanol–water partition coefficient (Wildman–Crippen LogP) is 3.70. The van der Waals surface area contributed by atoms with Gasteiger partial charge in [-0.2, -0.15) is 0 Å². The zero-order valence-electron chi connectivity index (χ0n) is 13.9. The van der Waals surface area contributed by atoms with Crippen LogP contribution in [0.1, 0.15) is 57.6 Å². The maximum Gasteiger partial charge on any atom is 0.0237 e. The van der Waals surface area contributed by atoms with Gasteiger partial charge in [-0.3, -0.25) is 4.90 Å². The molecule has 2 nitrogen and oxygen atoms in total. The van der Waals surface area contributed by atoms with Gasteiger partial charge >= 0.3 is 0 Å². The van der Waals surface area contributed by atoms with E-state index in [4.69, 9.17) is 0 Å². The van der Waals surface area contributed by atoms with Crippen molar-refractivity contribution in [3.8, 4) is 0 Å². The summed E-state index contributed by atoms with van der Waals surface area (Å²) in [7, 11) is 0. The van der Waals surface area contributed by atoms with E-state index < -0.39 is 0 Å². The van der Waals surface area contributed by atoms with Gasteiger partial charge < -0.3 is 5.32 Å². The zero-order chi connectivity index (χ0) is 14.9. The Balaban J connectivity index is 1.62. The normalized spacial score (nSPS) is 23.0. The van der Waals surface area contributed by atoms with Gasteiger partial charge in [-0.25, -0.2) is 0 Å². The first-order valence-electron chi connectivity index (χ1n) is 8.59. The van der Waals surface area contributed by atoms with Crippen molar-refractivity contribution < 1.29 is 0 Å². The molecule has 2 fully saturated rings. The highest BCUT2D eigenvalue weighted by Gasteiger charge is 2.31. The fraction of sp³-hybridized carbons (Fsp3) is 0.684. The number of nitrogens with one attached hydrogen (secondary N) is 1. The lowest BCUT2D eigenvalue weighted by atomic mass is 9.87. The molecule has 21 heavy (non-hydrogen) atoms. The monoisotopic (exact) mass is 286 g/mol. The van der Waals surface area contributed by atoms with E-state index in [-0.39, 0.29) is 5.41 Å². The van der Waals surface area contributed by atoms with Crippen LogP contribution < -0.4 is 5.32 Å². The van der Waals surface area contributed by atoms with Crippen LogP contribution in [0.4, 0.5) is 0 Å². The van der Waals surface area contributed by atoms with Crippen molar-refractivity contribution in [2.24, 2.45) is 0 Å².